The average Bonchev–Trinajstić information content (AvgIpc) is 2.94. The molecule has 0 radical (unpaired) electrons. The highest BCUT2D eigenvalue weighted by atomic mass is 19.1. The topological polar surface area (TPSA) is 12.0 Å². The Morgan fingerprint density at radius 1 is 1.31 bits per heavy atom. The van der Waals surface area contributed by atoms with Gasteiger partial charge in [0.2, 0.25) is 0 Å². The highest BCUT2D eigenvalue weighted by molar-refractivity contribution is 5.22. The quantitative estimate of drug-likeness (QED) is 0.828. The Labute approximate surface area is 94.9 Å². The summed E-state index contributed by atoms with van der Waals surface area (Å²) < 4.78 is 26.9. The van der Waals surface area contributed by atoms with Gasteiger partial charge in [0.05, 0.1) is 0 Å². The van der Waals surface area contributed by atoms with Crippen LogP contribution >= 0.6 is 0 Å². The number of benzene rings is 1. The second kappa shape index (κ2) is 4.13. The lowest BCUT2D eigenvalue weighted by Gasteiger charge is -2.18. The summed E-state index contributed by atoms with van der Waals surface area (Å²) in [6.07, 6.45) is 2.40. The van der Waals surface area contributed by atoms with E-state index in [1.807, 2.05) is 0 Å². The largest absolute Gasteiger partial charge is 0.309 e. The van der Waals surface area contributed by atoms with E-state index >= 15 is 0 Å². The molecule has 1 atom stereocenters. The van der Waals surface area contributed by atoms with Crippen LogP contribution in [0.25, 0.3) is 0 Å². The third kappa shape index (κ3) is 2.40. The van der Waals surface area contributed by atoms with Crippen LogP contribution in [0.1, 0.15) is 38.3 Å². The highest BCUT2D eigenvalue weighted by Crippen LogP contribution is 2.44. The Kier molecular flexibility index (Phi) is 2.98. The molecule has 0 bridgehead atoms. The van der Waals surface area contributed by atoms with E-state index in [9.17, 15) is 8.78 Å². The van der Waals surface area contributed by atoms with Crippen molar-refractivity contribution < 1.29 is 8.78 Å². The molecule has 0 saturated heterocycles. The van der Waals surface area contributed by atoms with Crippen molar-refractivity contribution in [1.82, 2.24) is 5.32 Å². The minimum Gasteiger partial charge on any atom is -0.309 e. The van der Waals surface area contributed by atoms with Crippen LogP contribution in [0, 0.1) is 17.0 Å². The van der Waals surface area contributed by atoms with Gasteiger partial charge in [0.1, 0.15) is 11.6 Å². The van der Waals surface area contributed by atoms with Gasteiger partial charge >= 0.3 is 0 Å². The maximum absolute atomic E-state index is 13.5. The van der Waals surface area contributed by atoms with E-state index < -0.39 is 11.6 Å². The Morgan fingerprint density at radius 2 is 1.88 bits per heavy atom. The summed E-state index contributed by atoms with van der Waals surface area (Å²) in [5.74, 6) is -0.943. The van der Waals surface area contributed by atoms with Gasteiger partial charge in [0.25, 0.3) is 0 Å². The zero-order valence-electron chi connectivity index (χ0n) is 9.69. The molecule has 88 valence electrons. The molecule has 0 aliphatic heterocycles. The minimum absolute atomic E-state index is 0.145. The van der Waals surface area contributed by atoms with Gasteiger partial charge < -0.3 is 5.32 Å². The fraction of sp³-hybridized carbons (Fsp3) is 0.538. The molecule has 1 aliphatic rings. The number of halogens is 2. The predicted octanol–water partition coefficient (Wildman–Crippen LogP) is 3.42. The van der Waals surface area contributed by atoms with Crippen LogP contribution in [0.2, 0.25) is 0 Å². The van der Waals surface area contributed by atoms with Crippen LogP contribution in [-0.2, 0) is 0 Å². The molecule has 1 N–H and O–H groups in total. The summed E-state index contributed by atoms with van der Waals surface area (Å²) in [6.45, 7) is 4.81. The molecule has 0 aromatic heterocycles. The van der Waals surface area contributed by atoms with Gasteiger partial charge in [-0.2, -0.15) is 0 Å². The third-order valence-corrected chi connectivity index (χ3v) is 3.37. The van der Waals surface area contributed by atoms with Crippen molar-refractivity contribution in [2.24, 2.45) is 5.41 Å². The SMILES string of the molecule is CC(NCC1(C)CC1)c1c(F)cccc1F. The van der Waals surface area contributed by atoms with E-state index in [2.05, 4.69) is 12.2 Å². The molecular weight excluding hydrogens is 208 g/mol. The Balaban J connectivity index is 2.05. The second-order valence-electron chi connectivity index (χ2n) is 5.05. The number of hydrogen-bond donors (Lipinski definition) is 1. The first-order chi connectivity index (χ1) is 7.52. The van der Waals surface area contributed by atoms with E-state index in [0.29, 0.717) is 5.41 Å². The van der Waals surface area contributed by atoms with E-state index in [1.54, 1.807) is 6.92 Å². The lowest BCUT2D eigenvalue weighted by Crippen LogP contribution is -2.26. The summed E-state index contributed by atoms with van der Waals surface area (Å²) >= 11 is 0. The fourth-order valence-electron chi connectivity index (χ4n) is 1.82. The fourth-order valence-corrected chi connectivity index (χ4v) is 1.82. The van der Waals surface area contributed by atoms with Crippen molar-refractivity contribution in [3.63, 3.8) is 0 Å². The zero-order chi connectivity index (χ0) is 11.8. The minimum atomic E-state index is -0.471. The molecule has 1 aliphatic carbocycles. The molecule has 16 heavy (non-hydrogen) atoms. The second-order valence-corrected chi connectivity index (χ2v) is 5.05. The predicted molar refractivity (Wildman–Crippen MR) is 60.1 cm³/mol. The van der Waals surface area contributed by atoms with Gasteiger partial charge in [-0.25, -0.2) is 8.78 Å². The number of hydrogen-bond acceptors (Lipinski definition) is 1. The van der Waals surface area contributed by atoms with Gasteiger partial charge in [0.15, 0.2) is 0 Å². The van der Waals surface area contributed by atoms with Crippen molar-refractivity contribution >= 4 is 0 Å². The van der Waals surface area contributed by atoms with E-state index in [0.717, 1.165) is 6.54 Å². The molecule has 1 unspecified atom stereocenters. The molecule has 1 fully saturated rings. The molecule has 1 saturated carbocycles. The maximum Gasteiger partial charge on any atom is 0.130 e. The maximum atomic E-state index is 13.5. The van der Waals surface area contributed by atoms with Crippen LogP contribution in [0.4, 0.5) is 8.78 Å². The standard InChI is InChI=1S/C13H17F2N/c1-9(16-8-13(2)6-7-13)12-10(14)4-3-5-11(12)15/h3-5,9,16H,6-8H2,1-2H3. The molecule has 3 heteroatoms. The van der Waals surface area contributed by atoms with Crippen LogP contribution in [-0.4, -0.2) is 6.54 Å². The molecule has 1 aromatic carbocycles. The number of nitrogens with one attached hydrogen (secondary N) is 1. The van der Waals surface area contributed by atoms with Crippen molar-refractivity contribution in [2.45, 2.75) is 32.7 Å². The Hall–Kier alpha value is -0.960. The first-order valence-electron chi connectivity index (χ1n) is 5.69. The number of rotatable bonds is 4. The molecule has 0 amide bonds. The van der Waals surface area contributed by atoms with E-state index in [1.165, 1.54) is 31.0 Å². The summed E-state index contributed by atoms with van der Waals surface area (Å²) in [6, 6.07) is 3.71. The summed E-state index contributed by atoms with van der Waals surface area (Å²) in [7, 11) is 0. The van der Waals surface area contributed by atoms with Crippen LogP contribution in [0.15, 0.2) is 18.2 Å². The normalized spacial score (nSPS) is 19.5. The van der Waals surface area contributed by atoms with Crippen LogP contribution < -0.4 is 5.32 Å². The average molecular weight is 225 g/mol. The molecule has 0 spiro atoms. The van der Waals surface area contributed by atoms with Crippen LogP contribution in [0.5, 0.6) is 0 Å². The Bertz CT molecular complexity index is 365. The van der Waals surface area contributed by atoms with Crippen molar-refractivity contribution in [3.05, 3.63) is 35.4 Å². The summed E-state index contributed by atoms with van der Waals surface area (Å²) in [5.41, 5.74) is 0.488. The van der Waals surface area contributed by atoms with Gasteiger partial charge in [0, 0.05) is 18.2 Å². The van der Waals surface area contributed by atoms with Gasteiger partial charge in [-0.05, 0) is 37.3 Å². The van der Waals surface area contributed by atoms with Crippen molar-refractivity contribution in [2.75, 3.05) is 6.54 Å². The smallest absolute Gasteiger partial charge is 0.130 e. The lowest BCUT2D eigenvalue weighted by molar-refractivity contribution is 0.432. The lowest BCUT2D eigenvalue weighted by atomic mass is 10.1. The van der Waals surface area contributed by atoms with Gasteiger partial charge in [-0.3, -0.25) is 0 Å². The monoisotopic (exact) mass is 225 g/mol. The summed E-state index contributed by atoms with van der Waals surface area (Å²) in [5, 5.41) is 3.20. The molecule has 1 aromatic rings. The highest BCUT2D eigenvalue weighted by Gasteiger charge is 2.37. The van der Waals surface area contributed by atoms with Crippen LogP contribution in [0.3, 0.4) is 0 Å². The third-order valence-electron chi connectivity index (χ3n) is 3.37. The molecule has 1 nitrogen and oxygen atoms in total. The first kappa shape index (κ1) is 11.5. The van der Waals surface area contributed by atoms with E-state index in [-0.39, 0.29) is 11.6 Å². The first-order valence-corrected chi connectivity index (χ1v) is 5.69. The van der Waals surface area contributed by atoms with E-state index in [4.69, 9.17) is 0 Å². The molecular formula is C13H17F2N. The van der Waals surface area contributed by atoms with Crippen molar-refractivity contribution in [3.8, 4) is 0 Å². The molecule has 0 heterocycles. The zero-order valence-corrected chi connectivity index (χ0v) is 9.69. The van der Waals surface area contributed by atoms with Gasteiger partial charge in [-0.15, -0.1) is 0 Å². The Morgan fingerprint density at radius 3 is 2.38 bits per heavy atom. The molecule has 2 rings (SSSR count). The summed E-state index contributed by atoms with van der Waals surface area (Å²) in [4.78, 5) is 0. The van der Waals surface area contributed by atoms with Gasteiger partial charge in [-0.1, -0.05) is 13.0 Å². The van der Waals surface area contributed by atoms with Crippen molar-refractivity contribution in [1.29, 1.82) is 0 Å².